The topological polar surface area (TPSA) is 113 Å². The molecular formula is C23H35NO6. The number of amides is 1. The number of carbonyl (C=O) groups is 3. The lowest BCUT2D eigenvalue weighted by Gasteiger charge is -2.15. The second kappa shape index (κ2) is 17.1. The molecule has 3 N–H and O–H groups in total. The third kappa shape index (κ3) is 14.2. The van der Waals surface area contributed by atoms with E-state index in [-0.39, 0.29) is 11.8 Å². The first-order valence-corrected chi connectivity index (χ1v) is 10.5. The Morgan fingerprint density at radius 2 is 1.57 bits per heavy atom. The highest BCUT2D eigenvalue weighted by molar-refractivity contribution is 5.89. The fraction of sp³-hybridized carbons (Fsp3) is 0.522. The minimum Gasteiger partial charge on any atom is -0.494 e. The first kappa shape index (κ1) is 27.2. The van der Waals surface area contributed by atoms with Gasteiger partial charge in [0.1, 0.15) is 5.75 Å². The van der Waals surface area contributed by atoms with Crippen LogP contribution in [0.5, 0.6) is 5.75 Å². The third-order valence-electron chi connectivity index (χ3n) is 4.34. The van der Waals surface area contributed by atoms with Crippen LogP contribution in [-0.4, -0.2) is 34.7 Å². The molecule has 168 valence electrons. The number of rotatable bonds is 13. The number of ether oxygens (including phenoxy) is 1. The van der Waals surface area contributed by atoms with Gasteiger partial charge in [-0.2, -0.15) is 0 Å². The van der Waals surface area contributed by atoms with E-state index in [1.807, 2.05) is 31.2 Å². The van der Waals surface area contributed by atoms with Gasteiger partial charge in [-0.05, 0) is 37.5 Å². The van der Waals surface area contributed by atoms with Crippen LogP contribution in [0.4, 0.5) is 0 Å². The smallest absolute Gasteiger partial charge is 0.328 e. The lowest BCUT2D eigenvalue weighted by molar-refractivity contribution is -0.134. The Kier molecular flexibility index (Phi) is 15.5. The molecule has 1 aromatic carbocycles. The average molecular weight is 422 g/mol. The van der Waals surface area contributed by atoms with E-state index in [1.165, 1.54) is 19.3 Å². The Labute approximate surface area is 179 Å². The van der Waals surface area contributed by atoms with Gasteiger partial charge in [-0.25, -0.2) is 9.59 Å². The van der Waals surface area contributed by atoms with E-state index in [4.69, 9.17) is 14.9 Å². The quantitative estimate of drug-likeness (QED) is 0.321. The highest BCUT2D eigenvalue weighted by Crippen LogP contribution is 2.15. The van der Waals surface area contributed by atoms with Crippen molar-refractivity contribution in [1.29, 1.82) is 0 Å². The highest BCUT2D eigenvalue weighted by atomic mass is 16.5. The maximum atomic E-state index is 12.2. The molecule has 1 unspecified atom stereocenters. The van der Waals surface area contributed by atoms with Crippen LogP contribution in [0.1, 0.15) is 64.9 Å². The van der Waals surface area contributed by atoms with Gasteiger partial charge in [-0.15, -0.1) is 0 Å². The molecule has 0 fully saturated rings. The molecule has 1 aromatic rings. The van der Waals surface area contributed by atoms with Crippen molar-refractivity contribution >= 4 is 17.8 Å². The summed E-state index contributed by atoms with van der Waals surface area (Å²) in [6.45, 7) is 7.55. The molecule has 1 rings (SSSR count). The Morgan fingerprint density at radius 1 is 0.967 bits per heavy atom. The molecular weight excluding hydrogens is 386 g/mol. The molecule has 0 aliphatic heterocycles. The van der Waals surface area contributed by atoms with Crippen molar-refractivity contribution in [2.24, 2.45) is 5.92 Å². The maximum Gasteiger partial charge on any atom is 0.328 e. The summed E-state index contributed by atoms with van der Waals surface area (Å²) in [5.41, 5.74) is 1.11. The van der Waals surface area contributed by atoms with Crippen molar-refractivity contribution < 1.29 is 29.3 Å². The van der Waals surface area contributed by atoms with Crippen molar-refractivity contribution in [2.75, 3.05) is 6.61 Å². The predicted octanol–water partition coefficient (Wildman–Crippen LogP) is 4.41. The molecule has 0 spiro atoms. The summed E-state index contributed by atoms with van der Waals surface area (Å²) in [6.07, 6.45) is 7.93. The van der Waals surface area contributed by atoms with E-state index in [0.717, 1.165) is 30.6 Å². The van der Waals surface area contributed by atoms with E-state index < -0.39 is 11.9 Å². The second-order valence-electron chi connectivity index (χ2n) is 6.76. The summed E-state index contributed by atoms with van der Waals surface area (Å²) in [5, 5.41) is 18.7. The van der Waals surface area contributed by atoms with E-state index in [9.17, 15) is 14.4 Å². The van der Waals surface area contributed by atoms with Crippen LogP contribution >= 0.6 is 0 Å². The summed E-state index contributed by atoms with van der Waals surface area (Å²) in [4.78, 5) is 31.4. The molecule has 0 saturated carbocycles. The highest BCUT2D eigenvalue weighted by Gasteiger charge is 2.15. The fourth-order valence-corrected chi connectivity index (χ4v) is 2.68. The minimum atomic E-state index is -1.26. The number of carbonyl (C=O) groups excluding carboxylic acids is 1. The molecule has 0 aromatic heterocycles. The zero-order valence-corrected chi connectivity index (χ0v) is 18.2. The number of hydrogen-bond acceptors (Lipinski definition) is 4. The van der Waals surface area contributed by atoms with Crippen LogP contribution < -0.4 is 10.1 Å². The lowest BCUT2D eigenvalue weighted by atomic mass is 9.97. The predicted molar refractivity (Wildman–Crippen MR) is 116 cm³/mol. The molecule has 0 aliphatic carbocycles. The van der Waals surface area contributed by atoms with Crippen molar-refractivity contribution in [1.82, 2.24) is 5.32 Å². The first-order chi connectivity index (χ1) is 14.3. The number of nitrogens with one attached hydrogen (secondary N) is 1. The molecule has 0 radical (unpaired) electrons. The molecule has 0 bridgehead atoms. The van der Waals surface area contributed by atoms with Crippen LogP contribution in [0.3, 0.4) is 0 Å². The van der Waals surface area contributed by atoms with Gasteiger partial charge in [0.15, 0.2) is 0 Å². The van der Waals surface area contributed by atoms with Gasteiger partial charge in [0.25, 0.3) is 0 Å². The molecule has 1 atom stereocenters. The zero-order valence-electron chi connectivity index (χ0n) is 18.2. The molecule has 7 nitrogen and oxygen atoms in total. The van der Waals surface area contributed by atoms with Crippen LogP contribution in [0, 0.1) is 5.92 Å². The SMILES string of the molecule is CCCCCCC(CC)C(=O)NCc1ccc(OCC)cc1.O=C(O)/C=C/C(=O)O. The summed E-state index contributed by atoms with van der Waals surface area (Å²) in [6, 6.07) is 7.92. The first-order valence-electron chi connectivity index (χ1n) is 10.5. The Hall–Kier alpha value is -2.83. The molecule has 7 heteroatoms. The van der Waals surface area contributed by atoms with Crippen LogP contribution in [0.15, 0.2) is 36.4 Å². The fourth-order valence-electron chi connectivity index (χ4n) is 2.68. The van der Waals surface area contributed by atoms with Gasteiger partial charge in [0.05, 0.1) is 6.61 Å². The van der Waals surface area contributed by atoms with E-state index in [2.05, 4.69) is 19.2 Å². The number of unbranched alkanes of at least 4 members (excludes halogenated alkanes) is 3. The van der Waals surface area contributed by atoms with E-state index >= 15 is 0 Å². The van der Waals surface area contributed by atoms with Crippen LogP contribution in [0.2, 0.25) is 0 Å². The number of benzene rings is 1. The largest absolute Gasteiger partial charge is 0.494 e. The van der Waals surface area contributed by atoms with Crippen molar-refractivity contribution in [2.45, 2.75) is 65.8 Å². The zero-order chi connectivity index (χ0) is 22.8. The van der Waals surface area contributed by atoms with Crippen LogP contribution in [0.25, 0.3) is 0 Å². The monoisotopic (exact) mass is 421 g/mol. The van der Waals surface area contributed by atoms with Gasteiger partial charge >= 0.3 is 11.9 Å². The standard InChI is InChI=1S/C19H31NO2.C4H4O4/c1-4-7-8-9-10-17(5-2)19(21)20-15-16-11-13-18(14-12-16)22-6-3;5-3(6)1-2-4(7)8/h11-14,17H,4-10,15H2,1-3H3,(H,20,21);1-2H,(H,5,6)(H,7,8)/b;2-1+. The summed E-state index contributed by atoms with van der Waals surface area (Å²) in [5.74, 6) is -1.30. The molecule has 0 aliphatic rings. The third-order valence-corrected chi connectivity index (χ3v) is 4.34. The van der Waals surface area contributed by atoms with Crippen molar-refractivity contribution in [3.63, 3.8) is 0 Å². The van der Waals surface area contributed by atoms with Crippen molar-refractivity contribution in [3.05, 3.63) is 42.0 Å². The minimum absolute atomic E-state index is 0.152. The van der Waals surface area contributed by atoms with Crippen LogP contribution in [-0.2, 0) is 20.9 Å². The maximum absolute atomic E-state index is 12.2. The van der Waals surface area contributed by atoms with Crippen molar-refractivity contribution in [3.8, 4) is 5.75 Å². The van der Waals surface area contributed by atoms with Gasteiger partial charge in [0.2, 0.25) is 5.91 Å². The molecule has 0 saturated heterocycles. The number of hydrogen-bond donors (Lipinski definition) is 3. The lowest BCUT2D eigenvalue weighted by Crippen LogP contribution is -2.30. The van der Waals surface area contributed by atoms with Gasteiger partial charge in [-0.1, -0.05) is 51.7 Å². The Balaban J connectivity index is 0.000000890. The normalized spacial score (nSPS) is 11.3. The van der Waals surface area contributed by atoms with E-state index in [1.54, 1.807) is 0 Å². The molecule has 1 amide bonds. The molecule has 0 heterocycles. The van der Waals surface area contributed by atoms with Gasteiger partial charge < -0.3 is 20.3 Å². The Morgan fingerprint density at radius 3 is 2.03 bits per heavy atom. The summed E-state index contributed by atoms with van der Waals surface area (Å²) >= 11 is 0. The second-order valence-corrected chi connectivity index (χ2v) is 6.76. The average Bonchev–Trinajstić information content (AvgIpc) is 2.72. The van der Waals surface area contributed by atoms with Gasteiger partial charge in [0, 0.05) is 24.6 Å². The van der Waals surface area contributed by atoms with E-state index in [0.29, 0.717) is 25.3 Å². The summed E-state index contributed by atoms with van der Waals surface area (Å²) in [7, 11) is 0. The number of carboxylic acid groups (broad SMARTS) is 2. The Bertz CT molecular complexity index is 638. The molecule has 30 heavy (non-hydrogen) atoms. The number of aliphatic carboxylic acids is 2. The number of carboxylic acids is 2. The van der Waals surface area contributed by atoms with Gasteiger partial charge in [-0.3, -0.25) is 4.79 Å². The summed E-state index contributed by atoms with van der Waals surface area (Å²) < 4.78 is 5.42.